The SMILES string of the molecule is NCC1CCCC1NC(=O)C1(c2cccc(F)c2)CCCC1. The largest absolute Gasteiger partial charge is 0.352 e. The van der Waals surface area contributed by atoms with E-state index in [1.807, 2.05) is 6.07 Å². The average Bonchev–Trinajstić information content (AvgIpc) is 3.16. The highest BCUT2D eigenvalue weighted by atomic mass is 19.1. The molecule has 1 aromatic rings. The van der Waals surface area contributed by atoms with Gasteiger partial charge in [-0.25, -0.2) is 4.39 Å². The van der Waals surface area contributed by atoms with Crippen LogP contribution in [0.15, 0.2) is 24.3 Å². The van der Waals surface area contributed by atoms with Crippen molar-refractivity contribution in [2.45, 2.75) is 56.4 Å². The summed E-state index contributed by atoms with van der Waals surface area (Å²) in [6, 6.07) is 6.74. The van der Waals surface area contributed by atoms with E-state index in [1.165, 1.54) is 12.1 Å². The van der Waals surface area contributed by atoms with Gasteiger partial charge in [0.15, 0.2) is 0 Å². The Morgan fingerprint density at radius 1 is 1.27 bits per heavy atom. The van der Waals surface area contributed by atoms with E-state index in [-0.39, 0.29) is 17.8 Å². The van der Waals surface area contributed by atoms with Gasteiger partial charge in [-0.05, 0) is 55.8 Å². The van der Waals surface area contributed by atoms with Crippen LogP contribution in [0.25, 0.3) is 0 Å². The number of nitrogens with one attached hydrogen (secondary N) is 1. The fourth-order valence-electron chi connectivity index (χ4n) is 4.23. The fraction of sp³-hybridized carbons (Fsp3) is 0.611. The number of halogens is 1. The van der Waals surface area contributed by atoms with Crippen molar-refractivity contribution in [3.8, 4) is 0 Å². The Labute approximate surface area is 131 Å². The van der Waals surface area contributed by atoms with Crippen LogP contribution in [0.3, 0.4) is 0 Å². The average molecular weight is 304 g/mol. The summed E-state index contributed by atoms with van der Waals surface area (Å²) in [5.74, 6) is 0.188. The van der Waals surface area contributed by atoms with Crippen LogP contribution < -0.4 is 11.1 Å². The third-order valence-corrected chi connectivity index (χ3v) is 5.55. The molecule has 2 aliphatic carbocycles. The van der Waals surface area contributed by atoms with Crippen molar-refractivity contribution in [1.82, 2.24) is 5.32 Å². The number of amides is 1. The summed E-state index contributed by atoms with van der Waals surface area (Å²) in [5, 5.41) is 3.24. The zero-order chi connectivity index (χ0) is 15.6. The van der Waals surface area contributed by atoms with Gasteiger partial charge < -0.3 is 11.1 Å². The molecule has 4 heteroatoms. The lowest BCUT2D eigenvalue weighted by atomic mass is 9.77. The van der Waals surface area contributed by atoms with Gasteiger partial charge in [-0.15, -0.1) is 0 Å². The van der Waals surface area contributed by atoms with E-state index in [0.717, 1.165) is 50.5 Å². The van der Waals surface area contributed by atoms with Gasteiger partial charge in [-0.1, -0.05) is 31.4 Å². The maximum Gasteiger partial charge on any atom is 0.230 e. The lowest BCUT2D eigenvalue weighted by Gasteiger charge is -2.31. The molecule has 22 heavy (non-hydrogen) atoms. The number of rotatable bonds is 4. The third kappa shape index (κ3) is 2.76. The van der Waals surface area contributed by atoms with Crippen molar-refractivity contribution in [3.05, 3.63) is 35.6 Å². The molecule has 2 aliphatic rings. The van der Waals surface area contributed by atoms with Crippen LogP contribution in [0.1, 0.15) is 50.5 Å². The molecule has 1 amide bonds. The van der Waals surface area contributed by atoms with Crippen LogP contribution in [0.4, 0.5) is 4.39 Å². The number of carbonyl (C=O) groups excluding carboxylic acids is 1. The zero-order valence-electron chi connectivity index (χ0n) is 13.0. The normalized spacial score (nSPS) is 27.0. The molecule has 3 N–H and O–H groups in total. The highest BCUT2D eigenvalue weighted by molar-refractivity contribution is 5.88. The van der Waals surface area contributed by atoms with Crippen molar-refractivity contribution in [1.29, 1.82) is 0 Å². The zero-order valence-corrected chi connectivity index (χ0v) is 13.0. The first-order valence-corrected chi connectivity index (χ1v) is 8.43. The van der Waals surface area contributed by atoms with Crippen molar-refractivity contribution in [2.75, 3.05) is 6.54 Å². The Balaban J connectivity index is 1.83. The minimum atomic E-state index is -0.552. The molecule has 2 unspecified atom stereocenters. The molecular formula is C18H25FN2O. The van der Waals surface area contributed by atoms with Gasteiger partial charge in [0.25, 0.3) is 0 Å². The second-order valence-corrected chi connectivity index (χ2v) is 6.81. The first-order chi connectivity index (χ1) is 10.7. The van der Waals surface area contributed by atoms with Crippen molar-refractivity contribution in [2.24, 2.45) is 11.7 Å². The van der Waals surface area contributed by atoms with E-state index >= 15 is 0 Å². The summed E-state index contributed by atoms with van der Waals surface area (Å²) < 4.78 is 13.6. The van der Waals surface area contributed by atoms with E-state index in [0.29, 0.717) is 12.5 Å². The molecular weight excluding hydrogens is 279 g/mol. The Morgan fingerprint density at radius 2 is 2.05 bits per heavy atom. The van der Waals surface area contributed by atoms with Gasteiger partial charge in [-0.3, -0.25) is 4.79 Å². The molecule has 3 nitrogen and oxygen atoms in total. The lowest BCUT2D eigenvalue weighted by Crippen LogP contribution is -2.49. The Bertz CT molecular complexity index is 540. The number of hydrogen-bond donors (Lipinski definition) is 2. The summed E-state index contributed by atoms with van der Waals surface area (Å²) in [5.41, 5.74) is 6.09. The monoisotopic (exact) mass is 304 g/mol. The molecule has 0 bridgehead atoms. The van der Waals surface area contributed by atoms with Crippen LogP contribution in [-0.4, -0.2) is 18.5 Å². The molecule has 2 fully saturated rings. The van der Waals surface area contributed by atoms with Crippen LogP contribution in [0, 0.1) is 11.7 Å². The smallest absolute Gasteiger partial charge is 0.230 e. The van der Waals surface area contributed by atoms with E-state index in [2.05, 4.69) is 5.32 Å². The number of hydrogen-bond acceptors (Lipinski definition) is 2. The first kappa shape index (κ1) is 15.5. The standard InChI is InChI=1S/C18H25FN2O/c19-15-7-4-6-14(11-15)18(9-1-2-10-18)17(22)21-16-8-3-5-13(16)12-20/h4,6-7,11,13,16H,1-3,5,8-10,12,20H2,(H,21,22). The molecule has 0 aliphatic heterocycles. The highest BCUT2D eigenvalue weighted by Crippen LogP contribution is 2.42. The molecule has 2 atom stereocenters. The molecule has 2 saturated carbocycles. The molecule has 0 heterocycles. The molecule has 0 radical (unpaired) electrons. The maximum atomic E-state index is 13.6. The van der Waals surface area contributed by atoms with Crippen molar-refractivity contribution < 1.29 is 9.18 Å². The van der Waals surface area contributed by atoms with Crippen LogP contribution in [0.2, 0.25) is 0 Å². The van der Waals surface area contributed by atoms with Crippen molar-refractivity contribution >= 4 is 5.91 Å². The van der Waals surface area contributed by atoms with Gasteiger partial charge in [0, 0.05) is 6.04 Å². The van der Waals surface area contributed by atoms with Gasteiger partial charge >= 0.3 is 0 Å². The second-order valence-electron chi connectivity index (χ2n) is 6.81. The van der Waals surface area contributed by atoms with E-state index < -0.39 is 5.41 Å². The maximum absolute atomic E-state index is 13.6. The first-order valence-electron chi connectivity index (χ1n) is 8.43. The molecule has 120 valence electrons. The molecule has 3 rings (SSSR count). The summed E-state index contributed by atoms with van der Waals surface area (Å²) in [4.78, 5) is 13.0. The van der Waals surface area contributed by atoms with E-state index in [1.54, 1.807) is 6.07 Å². The Hall–Kier alpha value is -1.42. The Morgan fingerprint density at radius 3 is 2.73 bits per heavy atom. The minimum Gasteiger partial charge on any atom is -0.352 e. The van der Waals surface area contributed by atoms with Gasteiger partial charge in [0.05, 0.1) is 5.41 Å². The Kier molecular flexibility index (Phi) is 4.48. The van der Waals surface area contributed by atoms with Crippen LogP contribution >= 0.6 is 0 Å². The van der Waals surface area contributed by atoms with Crippen LogP contribution in [0.5, 0.6) is 0 Å². The molecule has 0 spiro atoms. The lowest BCUT2D eigenvalue weighted by molar-refractivity contribution is -0.127. The van der Waals surface area contributed by atoms with Crippen LogP contribution in [-0.2, 0) is 10.2 Å². The highest BCUT2D eigenvalue weighted by Gasteiger charge is 2.44. The quantitative estimate of drug-likeness (QED) is 0.898. The van der Waals surface area contributed by atoms with Gasteiger partial charge in [0.1, 0.15) is 5.82 Å². The summed E-state index contributed by atoms with van der Waals surface area (Å²) in [7, 11) is 0. The topological polar surface area (TPSA) is 55.1 Å². The van der Waals surface area contributed by atoms with E-state index in [4.69, 9.17) is 5.73 Å². The molecule has 0 aromatic heterocycles. The predicted molar refractivity (Wildman–Crippen MR) is 84.9 cm³/mol. The number of benzene rings is 1. The summed E-state index contributed by atoms with van der Waals surface area (Å²) in [6.45, 7) is 0.623. The number of nitrogens with two attached hydrogens (primary N) is 1. The third-order valence-electron chi connectivity index (χ3n) is 5.55. The van der Waals surface area contributed by atoms with Gasteiger partial charge in [-0.2, -0.15) is 0 Å². The predicted octanol–water partition coefficient (Wildman–Crippen LogP) is 2.88. The van der Waals surface area contributed by atoms with Crippen molar-refractivity contribution in [3.63, 3.8) is 0 Å². The fourth-order valence-corrected chi connectivity index (χ4v) is 4.23. The molecule has 0 saturated heterocycles. The second kappa shape index (κ2) is 6.37. The summed E-state index contributed by atoms with van der Waals surface area (Å²) >= 11 is 0. The van der Waals surface area contributed by atoms with E-state index in [9.17, 15) is 9.18 Å². The number of carbonyl (C=O) groups is 1. The van der Waals surface area contributed by atoms with Gasteiger partial charge in [0.2, 0.25) is 5.91 Å². The minimum absolute atomic E-state index is 0.0703. The summed E-state index contributed by atoms with van der Waals surface area (Å²) in [6.07, 6.45) is 6.88. The molecule has 1 aromatic carbocycles.